The molecule has 0 aromatic heterocycles. The van der Waals surface area contributed by atoms with Gasteiger partial charge in [-0.1, -0.05) is 18.2 Å². The normalized spacial score (nSPS) is 19.8. The predicted molar refractivity (Wildman–Crippen MR) is 77.3 cm³/mol. The van der Waals surface area contributed by atoms with Crippen molar-refractivity contribution in [3.63, 3.8) is 0 Å². The molecule has 1 aromatic carbocycles. The highest BCUT2D eigenvalue weighted by Gasteiger charge is 2.22. The monoisotopic (exact) mass is 264 g/mol. The second kappa shape index (κ2) is 7.44. The lowest BCUT2D eigenvalue weighted by atomic mass is 10.2. The third kappa shape index (κ3) is 4.03. The molecule has 18 heavy (non-hydrogen) atoms. The van der Waals surface area contributed by atoms with Crippen LogP contribution >= 0.6 is 11.8 Å². The number of hydrazone groups is 1. The molecule has 0 saturated carbocycles. The lowest BCUT2D eigenvalue weighted by Crippen LogP contribution is -2.28. The predicted octanol–water partition coefficient (Wildman–Crippen LogP) is 2.88. The maximum absolute atomic E-state index is 5.21. The average Bonchev–Trinajstić information content (AvgIpc) is 2.84. The van der Waals surface area contributed by atoms with Gasteiger partial charge in [0.05, 0.1) is 12.6 Å². The molecular formula is C14H20N2OS. The molecule has 2 rings (SSSR count). The molecule has 4 heteroatoms. The van der Waals surface area contributed by atoms with Gasteiger partial charge in [0, 0.05) is 30.5 Å². The van der Waals surface area contributed by atoms with Gasteiger partial charge in [0.25, 0.3) is 0 Å². The van der Waals surface area contributed by atoms with Crippen LogP contribution in [0.15, 0.2) is 40.3 Å². The van der Waals surface area contributed by atoms with Gasteiger partial charge >= 0.3 is 0 Å². The van der Waals surface area contributed by atoms with Crippen molar-refractivity contribution in [1.82, 2.24) is 5.01 Å². The van der Waals surface area contributed by atoms with Gasteiger partial charge in [-0.05, 0) is 25.0 Å². The van der Waals surface area contributed by atoms with Crippen LogP contribution in [-0.2, 0) is 4.74 Å². The first-order valence-corrected chi connectivity index (χ1v) is 7.34. The molecule has 0 unspecified atom stereocenters. The first kappa shape index (κ1) is 13.4. The maximum atomic E-state index is 5.21. The van der Waals surface area contributed by atoms with Crippen molar-refractivity contribution in [3.05, 3.63) is 30.3 Å². The number of benzene rings is 1. The van der Waals surface area contributed by atoms with Crippen LogP contribution in [0.5, 0.6) is 0 Å². The fourth-order valence-electron chi connectivity index (χ4n) is 2.12. The van der Waals surface area contributed by atoms with E-state index in [0.29, 0.717) is 6.04 Å². The second-order valence-corrected chi connectivity index (χ2v) is 5.43. The first-order chi connectivity index (χ1) is 8.90. The van der Waals surface area contributed by atoms with E-state index < -0.39 is 0 Å². The highest BCUT2D eigenvalue weighted by molar-refractivity contribution is 7.99. The summed E-state index contributed by atoms with van der Waals surface area (Å²) in [6, 6.07) is 10.9. The molecule has 1 aromatic rings. The second-order valence-electron chi connectivity index (χ2n) is 4.34. The molecule has 1 aliphatic rings. The van der Waals surface area contributed by atoms with Crippen molar-refractivity contribution in [2.45, 2.75) is 23.8 Å². The SMILES string of the molecule is COC[C@@H]1CCCN1/N=C/CSc1ccccc1. The van der Waals surface area contributed by atoms with E-state index >= 15 is 0 Å². The van der Waals surface area contributed by atoms with E-state index in [4.69, 9.17) is 4.74 Å². The number of hydrogen-bond donors (Lipinski definition) is 0. The Morgan fingerprint density at radius 3 is 3.06 bits per heavy atom. The molecule has 1 aliphatic heterocycles. The zero-order chi connectivity index (χ0) is 12.6. The molecule has 1 atom stereocenters. The average molecular weight is 264 g/mol. The fourth-order valence-corrected chi connectivity index (χ4v) is 2.81. The Hall–Kier alpha value is -1.00. The van der Waals surface area contributed by atoms with E-state index in [1.54, 1.807) is 7.11 Å². The van der Waals surface area contributed by atoms with Gasteiger partial charge in [0.1, 0.15) is 0 Å². The van der Waals surface area contributed by atoms with Gasteiger partial charge in [0.2, 0.25) is 0 Å². The standard InChI is InChI=1S/C14H20N2OS/c1-17-12-13-6-5-10-16(13)15-9-11-18-14-7-3-2-4-8-14/h2-4,7-9,13H,5-6,10-12H2,1H3/b15-9+/t13-/m0/s1. The quantitative estimate of drug-likeness (QED) is 0.583. The lowest BCUT2D eigenvalue weighted by Gasteiger charge is -2.20. The smallest absolute Gasteiger partial charge is 0.0704 e. The van der Waals surface area contributed by atoms with Crippen LogP contribution in [0.25, 0.3) is 0 Å². The first-order valence-electron chi connectivity index (χ1n) is 6.36. The third-order valence-corrected chi connectivity index (χ3v) is 3.92. The summed E-state index contributed by atoms with van der Waals surface area (Å²) >= 11 is 1.81. The van der Waals surface area contributed by atoms with Gasteiger partial charge in [0.15, 0.2) is 0 Å². The largest absolute Gasteiger partial charge is 0.382 e. The molecule has 0 spiro atoms. The van der Waals surface area contributed by atoms with Crippen LogP contribution in [0, 0.1) is 0 Å². The van der Waals surface area contributed by atoms with Crippen LogP contribution in [0.4, 0.5) is 0 Å². The van der Waals surface area contributed by atoms with Crippen LogP contribution in [-0.4, -0.2) is 43.3 Å². The Kier molecular flexibility index (Phi) is 5.55. The summed E-state index contributed by atoms with van der Waals surface area (Å²) in [6.45, 7) is 1.84. The highest BCUT2D eigenvalue weighted by atomic mass is 32.2. The topological polar surface area (TPSA) is 24.8 Å². The van der Waals surface area contributed by atoms with Crippen LogP contribution in [0.1, 0.15) is 12.8 Å². The Morgan fingerprint density at radius 1 is 1.44 bits per heavy atom. The Bertz CT molecular complexity index is 369. The van der Waals surface area contributed by atoms with Gasteiger partial charge in [-0.3, -0.25) is 5.01 Å². The Morgan fingerprint density at radius 2 is 2.28 bits per heavy atom. The van der Waals surface area contributed by atoms with Crippen molar-refractivity contribution in [2.75, 3.05) is 26.0 Å². The van der Waals surface area contributed by atoms with Crippen molar-refractivity contribution in [2.24, 2.45) is 5.10 Å². The van der Waals surface area contributed by atoms with Crippen molar-refractivity contribution < 1.29 is 4.74 Å². The van der Waals surface area contributed by atoms with Crippen molar-refractivity contribution in [3.8, 4) is 0 Å². The summed E-state index contributed by atoms with van der Waals surface area (Å²) in [7, 11) is 1.76. The maximum Gasteiger partial charge on any atom is 0.0704 e. The number of ether oxygens (including phenoxy) is 1. The molecular weight excluding hydrogens is 244 g/mol. The summed E-state index contributed by atoms with van der Waals surface area (Å²) in [5.74, 6) is 0.917. The summed E-state index contributed by atoms with van der Waals surface area (Å²) in [6.07, 6.45) is 4.42. The summed E-state index contributed by atoms with van der Waals surface area (Å²) in [4.78, 5) is 1.29. The van der Waals surface area contributed by atoms with E-state index in [0.717, 1.165) is 18.9 Å². The van der Waals surface area contributed by atoms with E-state index in [9.17, 15) is 0 Å². The zero-order valence-corrected chi connectivity index (χ0v) is 11.6. The minimum Gasteiger partial charge on any atom is -0.382 e. The zero-order valence-electron chi connectivity index (χ0n) is 10.8. The molecule has 0 radical (unpaired) electrons. The molecule has 0 N–H and O–H groups in total. The molecule has 1 saturated heterocycles. The van der Waals surface area contributed by atoms with Gasteiger partial charge in [-0.2, -0.15) is 5.10 Å². The van der Waals surface area contributed by atoms with E-state index in [2.05, 4.69) is 34.4 Å². The van der Waals surface area contributed by atoms with Gasteiger partial charge < -0.3 is 4.74 Å². The third-order valence-electron chi connectivity index (χ3n) is 3.00. The molecule has 0 amide bonds. The number of thioether (sulfide) groups is 1. The molecule has 98 valence electrons. The van der Waals surface area contributed by atoms with Gasteiger partial charge in [-0.15, -0.1) is 11.8 Å². The molecule has 1 fully saturated rings. The number of methoxy groups -OCH3 is 1. The Labute approximate surface area is 113 Å². The summed E-state index contributed by atoms with van der Waals surface area (Å²) in [5, 5.41) is 6.71. The van der Waals surface area contributed by atoms with E-state index in [-0.39, 0.29) is 0 Å². The molecule has 0 aliphatic carbocycles. The summed E-state index contributed by atoms with van der Waals surface area (Å²) < 4.78 is 5.21. The minimum atomic E-state index is 0.466. The van der Waals surface area contributed by atoms with Crippen LogP contribution in [0.2, 0.25) is 0 Å². The number of nitrogens with zero attached hydrogens (tertiary/aromatic N) is 2. The number of hydrogen-bond acceptors (Lipinski definition) is 4. The molecule has 3 nitrogen and oxygen atoms in total. The number of rotatable bonds is 6. The Balaban J connectivity index is 1.74. The van der Waals surface area contributed by atoms with Crippen LogP contribution in [0.3, 0.4) is 0 Å². The molecule has 0 bridgehead atoms. The minimum absolute atomic E-state index is 0.466. The van der Waals surface area contributed by atoms with Crippen molar-refractivity contribution in [1.29, 1.82) is 0 Å². The molecule has 1 heterocycles. The lowest BCUT2D eigenvalue weighted by molar-refractivity contribution is 0.118. The highest BCUT2D eigenvalue weighted by Crippen LogP contribution is 2.18. The van der Waals surface area contributed by atoms with Crippen LogP contribution < -0.4 is 0 Å². The van der Waals surface area contributed by atoms with E-state index in [1.165, 1.54) is 17.7 Å². The fraction of sp³-hybridized carbons (Fsp3) is 0.500. The van der Waals surface area contributed by atoms with Crippen molar-refractivity contribution >= 4 is 18.0 Å². The summed E-state index contributed by atoms with van der Waals surface area (Å²) in [5.41, 5.74) is 0. The van der Waals surface area contributed by atoms with E-state index in [1.807, 2.05) is 24.0 Å². The van der Waals surface area contributed by atoms with Gasteiger partial charge in [-0.25, -0.2) is 0 Å².